The molecule has 2 heterocycles. The van der Waals surface area contributed by atoms with Crippen LogP contribution in [0.5, 0.6) is 0 Å². The Morgan fingerprint density at radius 1 is 0.710 bits per heavy atom. The third kappa shape index (κ3) is 7.76. The molecule has 8 aliphatic carbocycles. The molecular formula is C65H70N4. The minimum absolute atomic E-state index is 0.0167. The summed E-state index contributed by atoms with van der Waals surface area (Å²) in [5.41, 5.74) is 19.9. The summed E-state index contributed by atoms with van der Waals surface area (Å²) in [7, 11) is 0. The van der Waals surface area contributed by atoms with E-state index < -0.39 is 0 Å². The van der Waals surface area contributed by atoms with Crippen molar-refractivity contribution in [3.63, 3.8) is 0 Å². The summed E-state index contributed by atoms with van der Waals surface area (Å²) in [6, 6.07) is 22.0. The van der Waals surface area contributed by atoms with Crippen LogP contribution >= 0.6 is 0 Å². The summed E-state index contributed by atoms with van der Waals surface area (Å²) >= 11 is 0. The summed E-state index contributed by atoms with van der Waals surface area (Å²) in [5, 5.41) is 0. The van der Waals surface area contributed by atoms with Crippen LogP contribution in [0.15, 0.2) is 202 Å². The van der Waals surface area contributed by atoms with Crippen LogP contribution in [0.1, 0.15) is 122 Å². The molecule has 0 bridgehead atoms. The van der Waals surface area contributed by atoms with Gasteiger partial charge in [0.1, 0.15) is 0 Å². The number of aryl methyl sites for hydroxylation is 1. The lowest BCUT2D eigenvalue weighted by Gasteiger charge is -2.46. The lowest BCUT2D eigenvalue weighted by atomic mass is 9.70. The Morgan fingerprint density at radius 2 is 1.49 bits per heavy atom. The molecule has 0 N–H and O–H groups in total. The molecule has 0 fully saturated rings. The SMILES string of the molecule is CC1=CC=C(N(C2=CC3(C)C4=C(CCC=C4)N(C4=CC=CCC4)C3CC2)C2C=CC(C3=CCC(N(C4=CC(C)C5C(C4)c4ccc#cc4N5C4=CC=CCC4C)c4ccc(C)cc4)C=C3)=CC2)CC1. The van der Waals surface area contributed by atoms with Crippen molar-refractivity contribution >= 4 is 11.4 Å². The van der Waals surface area contributed by atoms with Gasteiger partial charge in [-0.05, 0) is 180 Å². The molecule has 4 heteroatoms. The van der Waals surface area contributed by atoms with Crippen LogP contribution in [0.3, 0.4) is 0 Å². The highest BCUT2D eigenvalue weighted by Crippen LogP contribution is 2.57. The van der Waals surface area contributed by atoms with E-state index in [1.54, 1.807) is 11.3 Å². The van der Waals surface area contributed by atoms with Crippen LogP contribution in [-0.2, 0) is 0 Å². The first-order valence-corrected chi connectivity index (χ1v) is 26.6. The maximum absolute atomic E-state index is 3.60. The predicted octanol–water partition coefficient (Wildman–Crippen LogP) is 15.4. The molecule has 8 unspecified atom stereocenters. The van der Waals surface area contributed by atoms with Gasteiger partial charge in [-0.3, -0.25) is 0 Å². The van der Waals surface area contributed by atoms with Crippen LogP contribution in [0.2, 0.25) is 0 Å². The van der Waals surface area contributed by atoms with Gasteiger partial charge in [0.25, 0.3) is 0 Å². The molecule has 0 saturated heterocycles. The molecule has 10 aliphatic rings. The summed E-state index contributed by atoms with van der Waals surface area (Å²) < 4.78 is 0. The highest BCUT2D eigenvalue weighted by molar-refractivity contribution is 5.68. The first kappa shape index (κ1) is 44.1. The van der Waals surface area contributed by atoms with Gasteiger partial charge in [-0.1, -0.05) is 134 Å². The molecule has 69 heavy (non-hydrogen) atoms. The summed E-state index contributed by atoms with van der Waals surface area (Å²) in [6.45, 7) is 11.9. The molecule has 12 rings (SSSR count). The van der Waals surface area contributed by atoms with Gasteiger partial charge in [0.05, 0.1) is 17.8 Å². The molecule has 4 nitrogen and oxygen atoms in total. The second kappa shape index (κ2) is 18.0. The molecule has 0 aromatic heterocycles. The molecule has 2 aromatic carbocycles. The molecular weight excluding hydrogens is 837 g/mol. The highest BCUT2D eigenvalue weighted by Gasteiger charge is 2.51. The largest absolute Gasteiger partial charge is 0.344 e. The van der Waals surface area contributed by atoms with Crippen molar-refractivity contribution in [2.24, 2.45) is 17.3 Å². The molecule has 0 spiro atoms. The van der Waals surface area contributed by atoms with E-state index in [2.05, 4.69) is 212 Å². The van der Waals surface area contributed by atoms with E-state index in [0.29, 0.717) is 35.9 Å². The Bertz CT molecular complexity index is 2850. The van der Waals surface area contributed by atoms with E-state index >= 15 is 0 Å². The van der Waals surface area contributed by atoms with E-state index in [9.17, 15) is 0 Å². The van der Waals surface area contributed by atoms with Crippen molar-refractivity contribution in [3.05, 3.63) is 226 Å². The molecule has 2 aliphatic heterocycles. The van der Waals surface area contributed by atoms with Crippen molar-refractivity contribution < 1.29 is 0 Å². The van der Waals surface area contributed by atoms with E-state index in [-0.39, 0.29) is 11.5 Å². The Morgan fingerprint density at radius 3 is 2.22 bits per heavy atom. The maximum atomic E-state index is 3.60. The van der Waals surface area contributed by atoms with Gasteiger partial charge in [0.15, 0.2) is 0 Å². The third-order valence-electron chi connectivity index (χ3n) is 17.4. The van der Waals surface area contributed by atoms with Crippen LogP contribution in [0.4, 0.5) is 11.4 Å². The molecule has 0 amide bonds. The van der Waals surface area contributed by atoms with E-state index in [1.807, 2.05) is 0 Å². The second-order valence-electron chi connectivity index (χ2n) is 21.9. The number of rotatable bonds is 9. The second-order valence-corrected chi connectivity index (χ2v) is 21.9. The molecule has 2 aromatic rings. The lowest BCUT2D eigenvalue weighted by Crippen LogP contribution is -2.44. The monoisotopic (exact) mass is 907 g/mol. The minimum Gasteiger partial charge on any atom is -0.344 e. The first-order valence-electron chi connectivity index (χ1n) is 26.6. The average molecular weight is 907 g/mol. The van der Waals surface area contributed by atoms with E-state index in [4.69, 9.17) is 0 Å². The van der Waals surface area contributed by atoms with Crippen molar-refractivity contribution in [2.75, 3.05) is 9.80 Å². The van der Waals surface area contributed by atoms with Crippen LogP contribution in [0.25, 0.3) is 0 Å². The fourth-order valence-corrected chi connectivity index (χ4v) is 14.0. The normalized spacial score (nSPS) is 30.9. The smallest absolute Gasteiger partial charge is 0.0964 e. The van der Waals surface area contributed by atoms with E-state index in [0.717, 1.165) is 70.6 Å². The van der Waals surface area contributed by atoms with Gasteiger partial charge in [-0.15, -0.1) is 0 Å². The number of fused-ring (bicyclic) bond motifs is 5. The standard InChI is InChI=1S/C65H70N4/c1-44-23-31-51(32-24-44)66(55-39-40-63-65(5,43-55)59-19-11-14-22-62(59)68(63)50-16-7-6-8-17-50)53-35-27-48(28-36-53)49-29-37-54(38-30-49)67(52-33-25-45(2)26-34-52)56-41-47(4)64-58(42-56)57-18-10-13-21-61(57)69(64)60-20-12-9-15-46(60)3/h6-7,9-12,16,18-20,23,25-31,33-35,37,41,43,46-47,53-54,58,63-64H,8,14-15,17,22,24,32,36,38-40,42H2,1-5H3. The van der Waals surface area contributed by atoms with Crippen molar-refractivity contribution in [2.45, 2.75) is 142 Å². The predicted molar refractivity (Wildman–Crippen MR) is 287 cm³/mol. The maximum Gasteiger partial charge on any atom is 0.0964 e. The minimum atomic E-state index is -0.0167. The van der Waals surface area contributed by atoms with Crippen molar-refractivity contribution in [1.29, 1.82) is 0 Å². The summed E-state index contributed by atoms with van der Waals surface area (Å²) in [5.74, 6) is 1.22. The number of hydrogen-bond acceptors (Lipinski definition) is 4. The quantitative estimate of drug-likeness (QED) is 0.249. The first-order chi connectivity index (χ1) is 33.7. The number of hydrogen-bond donors (Lipinski definition) is 0. The van der Waals surface area contributed by atoms with Gasteiger partial charge in [0, 0.05) is 63.3 Å². The number of allylic oxidation sites excluding steroid dienone is 21. The molecule has 8 atom stereocenters. The zero-order chi connectivity index (χ0) is 46.8. The van der Waals surface area contributed by atoms with Gasteiger partial charge < -0.3 is 19.6 Å². The van der Waals surface area contributed by atoms with Crippen LogP contribution < -0.4 is 9.80 Å². The zero-order valence-corrected chi connectivity index (χ0v) is 41.7. The Kier molecular flexibility index (Phi) is 11.5. The van der Waals surface area contributed by atoms with Gasteiger partial charge in [-0.2, -0.15) is 0 Å². The van der Waals surface area contributed by atoms with Crippen LogP contribution in [-0.4, -0.2) is 34.0 Å². The summed E-state index contributed by atoms with van der Waals surface area (Å²) in [4.78, 5) is 10.9. The van der Waals surface area contributed by atoms with Crippen molar-refractivity contribution in [3.8, 4) is 0 Å². The number of anilines is 2. The molecule has 350 valence electrons. The fraction of sp³-hybridized carbons (Fsp3) is 0.385. The topological polar surface area (TPSA) is 13.0 Å². The lowest BCUT2D eigenvalue weighted by molar-refractivity contribution is 0.199. The fourth-order valence-electron chi connectivity index (χ4n) is 14.0. The Labute approximate surface area is 413 Å². The summed E-state index contributed by atoms with van der Waals surface area (Å²) in [6.07, 6.45) is 57.1. The number of benzene rings is 1. The third-order valence-corrected chi connectivity index (χ3v) is 17.4. The molecule has 0 radical (unpaired) electrons. The van der Waals surface area contributed by atoms with E-state index in [1.165, 1.54) is 74.1 Å². The Hall–Kier alpha value is -6.18. The highest BCUT2D eigenvalue weighted by atomic mass is 15.2. The molecule has 0 saturated carbocycles. The van der Waals surface area contributed by atoms with Crippen molar-refractivity contribution in [1.82, 2.24) is 9.80 Å². The Balaban J connectivity index is 0.809. The number of nitrogens with zero attached hydrogens (tertiary/aromatic N) is 4. The van der Waals surface area contributed by atoms with Gasteiger partial charge >= 0.3 is 0 Å². The average Bonchev–Trinajstić information content (AvgIpc) is 3.85. The zero-order valence-electron chi connectivity index (χ0n) is 41.7. The van der Waals surface area contributed by atoms with Gasteiger partial charge in [-0.25, -0.2) is 0 Å². The van der Waals surface area contributed by atoms with Gasteiger partial charge in [0.2, 0.25) is 0 Å². The van der Waals surface area contributed by atoms with Crippen LogP contribution in [0, 0.1) is 36.3 Å².